The molecule has 1 aliphatic heterocycles. The van der Waals surface area contributed by atoms with Gasteiger partial charge in [0.2, 0.25) is 0 Å². The first kappa shape index (κ1) is 13.9. The van der Waals surface area contributed by atoms with Crippen LogP contribution in [-0.2, 0) is 11.3 Å². The maximum Gasteiger partial charge on any atom is 0.320 e. The molecule has 0 bridgehead atoms. The topological polar surface area (TPSA) is 32.8 Å². The van der Waals surface area contributed by atoms with Gasteiger partial charge in [-0.05, 0) is 24.3 Å². The van der Waals surface area contributed by atoms with Gasteiger partial charge < -0.3 is 14.5 Å². The Morgan fingerprint density at radius 3 is 2.75 bits per heavy atom. The molecule has 5 heteroatoms. The number of hydrogen-bond acceptors (Lipinski definition) is 3. The van der Waals surface area contributed by atoms with E-state index in [0.29, 0.717) is 19.3 Å². The minimum atomic E-state index is 0.202. The number of hydrogen-bond donors (Lipinski definition) is 0. The first-order valence-corrected chi connectivity index (χ1v) is 8.38. The number of urea groups is 1. The van der Waals surface area contributed by atoms with Gasteiger partial charge >= 0.3 is 6.03 Å². The van der Waals surface area contributed by atoms with E-state index in [9.17, 15) is 4.79 Å². The fourth-order valence-corrected chi connectivity index (χ4v) is 3.78. The molecular formula is C15H22N2O2S. The monoisotopic (exact) mass is 294 g/mol. The number of amides is 2. The lowest BCUT2D eigenvalue weighted by atomic mass is 10.2. The zero-order chi connectivity index (χ0) is 13.8. The summed E-state index contributed by atoms with van der Waals surface area (Å²) >= 11 is 1.74. The highest BCUT2D eigenvalue weighted by molar-refractivity contribution is 7.09. The van der Waals surface area contributed by atoms with Crippen molar-refractivity contribution in [2.24, 2.45) is 0 Å². The Morgan fingerprint density at radius 2 is 2.10 bits per heavy atom. The van der Waals surface area contributed by atoms with Crippen LogP contribution in [0.2, 0.25) is 0 Å². The first-order chi connectivity index (χ1) is 9.84. The van der Waals surface area contributed by atoms with Crippen molar-refractivity contribution in [3.8, 4) is 0 Å². The van der Waals surface area contributed by atoms with Crippen molar-refractivity contribution in [3.63, 3.8) is 0 Å². The molecule has 2 heterocycles. The van der Waals surface area contributed by atoms with Crippen LogP contribution in [0, 0.1) is 0 Å². The third-order valence-corrected chi connectivity index (χ3v) is 5.06. The van der Waals surface area contributed by atoms with E-state index < -0.39 is 0 Å². The van der Waals surface area contributed by atoms with Crippen molar-refractivity contribution in [3.05, 3.63) is 22.4 Å². The maximum atomic E-state index is 12.8. The van der Waals surface area contributed by atoms with E-state index in [-0.39, 0.29) is 6.03 Å². The number of morpholine rings is 1. The lowest BCUT2D eigenvalue weighted by molar-refractivity contribution is 0.0384. The SMILES string of the molecule is O=C(N1CCOCC1)N(Cc1cccs1)C1CCCC1. The van der Waals surface area contributed by atoms with Crippen LogP contribution in [-0.4, -0.2) is 48.2 Å². The lowest BCUT2D eigenvalue weighted by Gasteiger charge is -2.36. The Balaban J connectivity index is 1.71. The van der Waals surface area contributed by atoms with Crippen LogP contribution in [0.4, 0.5) is 4.79 Å². The predicted octanol–water partition coefficient (Wildman–Crippen LogP) is 2.94. The third-order valence-electron chi connectivity index (χ3n) is 4.20. The van der Waals surface area contributed by atoms with Crippen molar-refractivity contribution in [2.75, 3.05) is 26.3 Å². The summed E-state index contributed by atoms with van der Waals surface area (Å²) in [5, 5.41) is 2.08. The average Bonchev–Trinajstić information content (AvgIpc) is 3.18. The molecule has 0 N–H and O–H groups in total. The Morgan fingerprint density at radius 1 is 1.35 bits per heavy atom. The van der Waals surface area contributed by atoms with Crippen molar-refractivity contribution < 1.29 is 9.53 Å². The highest BCUT2D eigenvalue weighted by atomic mass is 32.1. The molecule has 2 fully saturated rings. The van der Waals surface area contributed by atoms with Crippen LogP contribution in [0.15, 0.2) is 17.5 Å². The van der Waals surface area contributed by atoms with E-state index in [1.54, 1.807) is 11.3 Å². The summed E-state index contributed by atoms with van der Waals surface area (Å²) in [6.45, 7) is 3.56. The summed E-state index contributed by atoms with van der Waals surface area (Å²) in [5.41, 5.74) is 0. The Kier molecular flexibility index (Phi) is 4.58. The second-order valence-corrected chi connectivity index (χ2v) is 6.56. The summed E-state index contributed by atoms with van der Waals surface area (Å²) in [6, 6.07) is 4.81. The van der Waals surface area contributed by atoms with Crippen molar-refractivity contribution in [1.82, 2.24) is 9.80 Å². The van der Waals surface area contributed by atoms with Crippen LogP contribution in [0.25, 0.3) is 0 Å². The number of carbonyl (C=O) groups excluding carboxylic acids is 1. The minimum Gasteiger partial charge on any atom is -0.378 e. The molecule has 2 amide bonds. The standard InChI is InChI=1S/C15H22N2O2S/c18-15(16-7-9-19-10-8-16)17(13-4-1-2-5-13)12-14-6-3-11-20-14/h3,6,11,13H,1-2,4-5,7-10,12H2. The summed E-state index contributed by atoms with van der Waals surface area (Å²) in [4.78, 5) is 18.1. The highest BCUT2D eigenvalue weighted by Gasteiger charge is 2.30. The molecule has 0 aromatic carbocycles. The van der Waals surface area contributed by atoms with Gasteiger partial charge in [-0.3, -0.25) is 0 Å². The average molecular weight is 294 g/mol. The zero-order valence-corrected chi connectivity index (χ0v) is 12.6. The third kappa shape index (κ3) is 3.15. The van der Waals surface area contributed by atoms with Crippen molar-refractivity contribution in [2.45, 2.75) is 38.3 Å². The summed E-state index contributed by atoms with van der Waals surface area (Å²) in [6.07, 6.45) is 4.81. The molecule has 4 nitrogen and oxygen atoms in total. The van der Waals surface area contributed by atoms with Gasteiger partial charge in [-0.15, -0.1) is 11.3 Å². The molecule has 0 radical (unpaired) electrons. The molecule has 0 spiro atoms. The van der Waals surface area contributed by atoms with Gasteiger partial charge in [-0.1, -0.05) is 18.9 Å². The van der Waals surface area contributed by atoms with E-state index >= 15 is 0 Å². The second kappa shape index (κ2) is 6.59. The normalized spacial score (nSPS) is 20.3. The van der Waals surface area contributed by atoms with Gasteiger partial charge in [0, 0.05) is 24.0 Å². The predicted molar refractivity (Wildman–Crippen MR) is 79.9 cm³/mol. The molecule has 110 valence electrons. The van der Waals surface area contributed by atoms with E-state index in [4.69, 9.17) is 4.74 Å². The molecule has 1 saturated carbocycles. The van der Waals surface area contributed by atoms with Gasteiger partial charge in [-0.25, -0.2) is 4.79 Å². The fraction of sp³-hybridized carbons (Fsp3) is 0.667. The Labute approximate surface area is 124 Å². The molecule has 0 atom stereocenters. The van der Waals surface area contributed by atoms with Crippen LogP contribution in [0.1, 0.15) is 30.6 Å². The summed E-state index contributed by atoms with van der Waals surface area (Å²) < 4.78 is 5.35. The molecular weight excluding hydrogens is 272 g/mol. The van der Waals surface area contributed by atoms with Gasteiger partial charge in [-0.2, -0.15) is 0 Å². The largest absolute Gasteiger partial charge is 0.378 e. The number of ether oxygens (including phenoxy) is 1. The van der Waals surface area contributed by atoms with Gasteiger partial charge in [0.15, 0.2) is 0 Å². The van der Waals surface area contributed by atoms with Crippen LogP contribution >= 0.6 is 11.3 Å². The Hall–Kier alpha value is -1.07. The van der Waals surface area contributed by atoms with Crippen molar-refractivity contribution >= 4 is 17.4 Å². The Bertz CT molecular complexity index is 423. The van der Waals surface area contributed by atoms with E-state index in [1.165, 1.54) is 17.7 Å². The zero-order valence-electron chi connectivity index (χ0n) is 11.8. The van der Waals surface area contributed by atoms with Crippen LogP contribution < -0.4 is 0 Å². The summed E-state index contributed by atoms with van der Waals surface area (Å²) in [5.74, 6) is 0. The minimum absolute atomic E-state index is 0.202. The molecule has 3 rings (SSSR count). The van der Waals surface area contributed by atoms with Gasteiger partial charge in [0.25, 0.3) is 0 Å². The van der Waals surface area contributed by atoms with E-state index in [1.807, 2.05) is 4.90 Å². The maximum absolute atomic E-state index is 12.8. The van der Waals surface area contributed by atoms with Gasteiger partial charge in [0.1, 0.15) is 0 Å². The van der Waals surface area contributed by atoms with Crippen molar-refractivity contribution in [1.29, 1.82) is 0 Å². The van der Waals surface area contributed by atoms with Crippen LogP contribution in [0.5, 0.6) is 0 Å². The summed E-state index contributed by atoms with van der Waals surface area (Å²) in [7, 11) is 0. The molecule has 0 unspecified atom stereocenters. The number of rotatable bonds is 3. The number of nitrogens with zero attached hydrogens (tertiary/aromatic N) is 2. The molecule has 2 aliphatic rings. The first-order valence-electron chi connectivity index (χ1n) is 7.50. The second-order valence-electron chi connectivity index (χ2n) is 5.53. The molecule has 1 aromatic heterocycles. The molecule has 1 aliphatic carbocycles. The highest BCUT2D eigenvalue weighted by Crippen LogP contribution is 2.27. The number of thiophene rings is 1. The smallest absolute Gasteiger partial charge is 0.320 e. The number of carbonyl (C=O) groups is 1. The quantitative estimate of drug-likeness (QED) is 0.858. The lowest BCUT2D eigenvalue weighted by Crippen LogP contribution is -2.50. The molecule has 1 aromatic rings. The molecule has 20 heavy (non-hydrogen) atoms. The van der Waals surface area contributed by atoms with Crippen LogP contribution in [0.3, 0.4) is 0 Å². The van der Waals surface area contributed by atoms with E-state index in [0.717, 1.165) is 32.5 Å². The fourth-order valence-electron chi connectivity index (χ4n) is 3.08. The molecule has 1 saturated heterocycles. The van der Waals surface area contributed by atoms with Gasteiger partial charge in [0.05, 0.1) is 19.8 Å². The van der Waals surface area contributed by atoms with E-state index in [2.05, 4.69) is 22.4 Å².